The molecule has 2 atom stereocenters. The van der Waals surface area contributed by atoms with Crippen LogP contribution in [0.15, 0.2) is 40.3 Å². The van der Waals surface area contributed by atoms with Crippen LogP contribution >= 0.6 is 23.1 Å². The number of rotatable bonds is 5. The summed E-state index contributed by atoms with van der Waals surface area (Å²) >= 11 is 2.74. The summed E-state index contributed by atoms with van der Waals surface area (Å²) in [5, 5.41) is 0.655. The number of methoxy groups -OCH3 is 1. The lowest BCUT2D eigenvalue weighted by Crippen LogP contribution is -2.34. The summed E-state index contributed by atoms with van der Waals surface area (Å²) in [5.74, 6) is -0.355. The third kappa shape index (κ3) is 3.68. The van der Waals surface area contributed by atoms with E-state index in [2.05, 4.69) is 13.8 Å². The number of para-hydroxylation sites is 1. The van der Waals surface area contributed by atoms with E-state index in [1.807, 2.05) is 30.3 Å². The molecule has 6 nitrogen and oxygen atoms in total. The lowest BCUT2D eigenvalue weighted by molar-refractivity contribution is -0.139. The summed E-state index contributed by atoms with van der Waals surface area (Å²) in [6, 6.07) is 9.42. The maximum absolute atomic E-state index is 13.8. The number of esters is 1. The van der Waals surface area contributed by atoms with Crippen molar-refractivity contribution in [3.8, 4) is 5.69 Å². The molecule has 1 aliphatic heterocycles. The zero-order chi connectivity index (χ0) is 21.5. The van der Waals surface area contributed by atoms with E-state index in [-0.39, 0.29) is 17.1 Å². The minimum absolute atomic E-state index is 0.108. The number of aromatic nitrogens is 2. The monoisotopic (exact) mass is 444 g/mol. The molecule has 1 aliphatic rings. The Kier molecular flexibility index (Phi) is 5.74. The Labute approximate surface area is 183 Å². The van der Waals surface area contributed by atoms with Gasteiger partial charge in [0.1, 0.15) is 10.1 Å². The molecule has 4 rings (SSSR count). The smallest absolute Gasteiger partial charge is 0.318 e. The molecule has 0 saturated heterocycles. The number of fused-ring (bicyclic) bond motifs is 3. The number of hydrogen-bond acceptors (Lipinski definition) is 7. The molecule has 3 aromatic rings. The fourth-order valence-electron chi connectivity index (χ4n) is 3.58. The number of hydrogen-bond donors (Lipinski definition) is 0. The number of thioether (sulfide) groups is 1. The van der Waals surface area contributed by atoms with E-state index in [9.17, 15) is 9.59 Å². The summed E-state index contributed by atoms with van der Waals surface area (Å²) in [5.41, 5.74) is 1.38. The van der Waals surface area contributed by atoms with Crippen molar-refractivity contribution >= 4 is 39.3 Å². The molecule has 0 fully saturated rings. The van der Waals surface area contributed by atoms with Crippen LogP contribution in [0.4, 0.5) is 0 Å². The normalized spacial score (nSPS) is 19.5. The molecule has 2 aromatic heterocycles. The Hall–Kier alpha value is -2.16. The van der Waals surface area contributed by atoms with E-state index in [1.54, 1.807) is 11.5 Å². The SMILES string of the molecule is CC[C@@]1(C)Cc2c(sc3nc(S[C@@H](C)C(=O)OC)n(-c4ccccc4)c(=O)c23)CO1. The third-order valence-electron chi connectivity index (χ3n) is 5.56. The van der Waals surface area contributed by atoms with Crippen LogP contribution in [0.3, 0.4) is 0 Å². The van der Waals surface area contributed by atoms with Crippen molar-refractivity contribution in [2.75, 3.05) is 7.11 Å². The number of carbonyl (C=O) groups is 1. The molecular weight excluding hydrogens is 420 g/mol. The molecule has 0 saturated carbocycles. The van der Waals surface area contributed by atoms with Crippen molar-refractivity contribution in [3.63, 3.8) is 0 Å². The maximum atomic E-state index is 13.8. The van der Waals surface area contributed by atoms with Gasteiger partial charge in [0, 0.05) is 11.3 Å². The lowest BCUT2D eigenvalue weighted by atomic mass is 9.90. The first-order valence-corrected chi connectivity index (χ1v) is 11.6. The van der Waals surface area contributed by atoms with Crippen molar-refractivity contribution in [3.05, 3.63) is 51.1 Å². The fraction of sp³-hybridized carbons (Fsp3) is 0.409. The summed E-state index contributed by atoms with van der Waals surface area (Å²) in [6.07, 6.45) is 1.56. The van der Waals surface area contributed by atoms with E-state index >= 15 is 0 Å². The average Bonchev–Trinajstić information content (AvgIpc) is 3.11. The van der Waals surface area contributed by atoms with Crippen molar-refractivity contribution in [2.45, 2.75) is 56.2 Å². The molecule has 0 N–H and O–H groups in total. The molecule has 0 radical (unpaired) electrons. The van der Waals surface area contributed by atoms with Gasteiger partial charge >= 0.3 is 5.97 Å². The Balaban J connectivity index is 1.94. The fourth-order valence-corrected chi connectivity index (χ4v) is 5.68. The maximum Gasteiger partial charge on any atom is 0.318 e. The Morgan fingerprint density at radius 1 is 1.40 bits per heavy atom. The first-order valence-electron chi connectivity index (χ1n) is 9.88. The number of ether oxygens (including phenoxy) is 2. The topological polar surface area (TPSA) is 70.4 Å². The van der Waals surface area contributed by atoms with Gasteiger partial charge in [-0.2, -0.15) is 0 Å². The molecule has 0 unspecified atom stereocenters. The van der Waals surface area contributed by atoms with Crippen LogP contribution in [0, 0.1) is 0 Å². The molecule has 0 amide bonds. The van der Waals surface area contributed by atoms with E-state index in [0.717, 1.165) is 22.5 Å². The Morgan fingerprint density at radius 3 is 2.80 bits per heavy atom. The predicted octanol–water partition coefficient (Wildman–Crippen LogP) is 4.34. The van der Waals surface area contributed by atoms with Gasteiger partial charge in [-0.25, -0.2) is 4.98 Å². The molecular formula is C22H24N2O4S2. The molecule has 30 heavy (non-hydrogen) atoms. The van der Waals surface area contributed by atoms with Crippen LogP contribution in [0.1, 0.15) is 37.6 Å². The van der Waals surface area contributed by atoms with Gasteiger partial charge < -0.3 is 9.47 Å². The Bertz CT molecular complexity index is 1160. The second-order valence-corrected chi connectivity index (χ2v) is 10.00. The van der Waals surface area contributed by atoms with Gasteiger partial charge in [-0.1, -0.05) is 36.9 Å². The summed E-state index contributed by atoms with van der Waals surface area (Å²) in [6.45, 7) is 6.43. The number of thiophene rings is 1. The molecule has 8 heteroatoms. The van der Waals surface area contributed by atoms with Crippen molar-refractivity contribution in [1.29, 1.82) is 0 Å². The predicted molar refractivity (Wildman–Crippen MR) is 120 cm³/mol. The Morgan fingerprint density at radius 2 is 2.13 bits per heavy atom. The van der Waals surface area contributed by atoms with Gasteiger partial charge in [0.2, 0.25) is 0 Å². The summed E-state index contributed by atoms with van der Waals surface area (Å²) in [4.78, 5) is 32.3. The van der Waals surface area contributed by atoms with E-state index in [0.29, 0.717) is 28.4 Å². The molecule has 158 valence electrons. The molecule has 0 aliphatic carbocycles. The van der Waals surface area contributed by atoms with Gasteiger partial charge in [0.15, 0.2) is 5.16 Å². The zero-order valence-corrected chi connectivity index (χ0v) is 19.1. The first kappa shape index (κ1) is 21.1. The minimum Gasteiger partial charge on any atom is -0.468 e. The first-order chi connectivity index (χ1) is 14.4. The van der Waals surface area contributed by atoms with Crippen LogP contribution < -0.4 is 5.56 Å². The highest BCUT2D eigenvalue weighted by Crippen LogP contribution is 2.39. The highest BCUT2D eigenvalue weighted by atomic mass is 32.2. The molecule has 1 aromatic carbocycles. The van der Waals surface area contributed by atoms with Gasteiger partial charge in [-0.05, 0) is 38.0 Å². The molecule has 0 bridgehead atoms. The molecule has 0 spiro atoms. The quantitative estimate of drug-likeness (QED) is 0.331. The zero-order valence-electron chi connectivity index (χ0n) is 17.4. The van der Waals surface area contributed by atoms with Crippen molar-refractivity contribution < 1.29 is 14.3 Å². The van der Waals surface area contributed by atoms with Crippen LogP contribution in [0.5, 0.6) is 0 Å². The number of carbonyl (C=O) groups excluding carboxylic acids is 1. The van der Waals surface area contributed by atoms with Gasteiger partial charge in [-0.15, -0.1) is 11.3 Å². The van der Waals surface area contributed by atoms with Crippen molar-refractivity contribution in [2.24, 2.45) is 0 Å². The van der Waals surface area contributed by atoms with Crippen molar-refractivity contribution in [1.82, 2.24) is 9.55 Å². The highest BCUT2D eigenvalue weighted by molar-refractivity contribution is 8.00. The van der Waals surface area contributed by atoms with Crippen LogP contribution in [-0.4, -0.2) is 33.5 Å². The van der Waals surface area contributed by atoms with Crippen LogP contribution in [0.25, 0.3) is 15.9 Å². The van der Waals surface area contributed by atoms with Gasteiger partial charge in [0.25, 0.3) is 5.56 Å². The van der Waals surface area contributed by atoms with E-state index in [4.69, 9.17) is 14.5 Å². The number of benzene rings is 1. The van der Waals surface area contributed by atoms with E-state index < -0.39 is 5.25 Å². The summed E-state index contributed by atoms with van der Waals surface area (Å²) < 4.78 is 12.5. The standard InChI is InChI=1S/C22H24N2O4S2/c1-5-22(3)11-15-16(12-28-22)30-18-17(15)19(25)24(14-9-7-6-8-10-14)21(23-18)29-13(2)20(26)27-4/h6-10,13H,5,11-12H2,1-4H3/t13-,22-/m0/s1. The second kappa shape index (κ2) is 8.17. The van der Waals surface area contributed by atoms with Gasteiger partial charge in [0.05, 0.1) is 30.4 Å². The van der Waals surface area contributed by atoms with Crippen LogP contribution in [-0.2, 0) is 27.3 Å². The van der Waals surface area contributed by atoms with Crippen LogP contribution in [0.2, 0.25) is 0 Å². The largest absolute Gasteiger partial charge is 0.468 e. The minimum atomic E-state index is -0.490. The van der Waals surface area contributed by atoms with E-state index in [1.165, 1.54) is 30.2 Å². The van der Waals surface area contributed by atoms with Gasteiger partial charge in [-0.3, -0.25) is 14.2 Å². The highest BCUT2D eigenvalue weighted by Gasteiger charge is 2.34. The average molecular weight is 445 g/mol. The molecule has 3 heterocycles. The summed E-state index contributed by atoms with van der Waals surface area (Å²) in [7, 11) is 1.36. The second-order valence-electron chi connectivity index (χ2n) is 7.61. The number of nitrogens with zero attached hydrogens (tertiary/aromatic N) is 2. The third-order valence-corrected chi connectivity index (χ3v) is 7.69. The lowest BCUT2D eigenvalue weighted by Gasteiger charge is -2.32.